The topological polar surface area (TPSA) is 60.4 Å². The van der Waals surface area contributed by atoms with Crippen molar-refractivity contribution in [2.45, 2.75) is 31.9 Å². The Morgan fingerprint density at radius 3 is 2.42 bits per heavy atom. The maximum absolute atomic E-state index is 12.1. The highest BCUT2D eigenvalue weighted by Crippen LogP contribution is 2.24. The fraction of sp³-hybridized carbons (Fsp3) is 0.438. The standard InChI is InChI=1S/C16H16ClF3N4O2/c17-14-21-10-22-15(23-14)24-7-5-12(6-8-24)25-9-11-1-3-13(4-2-11)26-16(18,19)20/h1-4,10,12H,5-9H2. The molecule has 1 saturated heterocycles. The molecule has 1 aromatic carbocycles. The van der Waals surface area contributed by atoms with Gasteiger partial charge in [0.2, 0.25) is 11.2 Å². The van der Waals surface area contributed by atoms with Crippen LogP contribution in [0, 0.1) is 0 Å². The molecule has 26 heavy (non-hydrogen) atoms. The second-order valence-electron chi connectivity index (χ2n) is 5.74. The summed E-state index contributed by atoms with van der Waals surface area (Å²) in [6, 6.07) is 5.67. The lowest BCUT2D eigenvalue weighted by Gasteiger charge is -2.31. The lowest BCUT2D eigenvalue weighted by Crippen LogP contribution is -2.38. The Hall–Kier alpha value is -2.13. The van der Waals surface area contributed by atoms with E-state index in [2.05, 4.69) is 19.7 Å². The molecule has 10 heteroatoms. The molecule has 0 saturated carbocycles. The number of benzene rings is 1. The molecule has 1 aromatic heterocycles. The molecule has 140 valence electrons. The quantitative estimate of drug-likeness (QED) is 0.779. The van der Waals surface area contributed by atoms with Gasteiger partial charge in [-0.25, -0.2) is 9.97 Å². The third kappa shape index (κ3) is 5.43. The summed E-state index contributed by atoms with van der Waals surface area (Å²) >= 11 is 5.77. The normalized spacial score (nSPS) is 15.9. The van der Waals surface area contributed by atoms with Crippen LogP contribution in [0.1, 0.15) is 18.4 Å². The second-order valence-corrected chi connectivity index (χ2v) is 6.08. The first-order valence-electron chi connectivity index (χ1n) is 7.95. The minimum absolute atomic E-state index is 0.0645. The lowest BCUT2D eigenvalue weighted by molar-refractivity contribution is -0.274. The molecule has 1 aliphatic rings. The lowest BCUT2D eigenvalue weighted by atomic mass is 10.1. The molecule has 0 N–H and O–H groups in total. The Morgan fingerprint density at radius 1 is 1.12 bits per heavy atom. The molecule has 2 aromatic rings. The van der Waals surface area contributed by atoms with E-state index < -0.39 is 6.36 Å². The molecule has 0 radical (unpaired) electrons. The van der Waals surface area contributed by atoms with E-state index in [1.54, 1.807) is 12.1 Å². The van der Waals surface area contributed by atoms with Crippen LogP contribution in [0.5, 0.6) is 5.75 Å². The zero-order valence-electron chi connectivity index (χ0n) is 13.6. The van der Waals surface area contributed by atoms with Gasteiger partial charge in [-0.15, -0.1) is 13.2 Å². The number of rotatable bonds is 5. The number of nitrogens with zero attached hydrogens (tertiary/aromatic N) is 4. The van der Waals surface area contributed by atoms with Crippen molar-refractivity contribution in [2.24, 2.45) is 0 Å². The predicted octanol–water partition coefficient (Wildman–Crippen LogP) is 3.61. The van der Waals surface area contributed by atoms with Crippen LogP contribution in [0.15, 0.2) is 30.6 Å². The van der Waals surface area contributed by atoms with Crippen LogP contribution in [0.4, 0.5) is 19.1 Å². The van der Waals surface area contributed by atoms with E-state index in [0.717, 1.165) is 31.5 Å². The van der Waals surface area contributed by atoms with Gasteiger partial charge in [-0.3, -0.25) is 0 Å². The highest BCUT2D eigenvalue weighted by atomic mass is 35.5. The molecule has 0 atom stereocenters. The average Bonchev–Trinajstić information content (AvgIpc) is 2.60. The molecular formula is C16H16ClF3N4O2. The van der Waals surface area contributed by atoms with Crippen LogP contribution < -0.4 is 9.64 Å². The first kappa shape index (κ1) is 18.7. The fourth-order valence-electron chi connectivity index (χ4n) is 2.64. The molecule has 0 amide bonds. The maximum atomic E-state index is 12.1. The fourth-order valence-corrected chi connectivity index (χ4v) is 2.76. The van der Waals surface area contributed by atoms with Crippen LogP contribution in [-0.4, -0.2) is 40.5 Å². The maximum Gasteiger partial charge on any atom is 0.573 e. The Morgan fingerprint density at radius 2 is 1.81 bits per heavy atom. The monoisotopic (exact) mass is 388 g/mol. The first-order chi connectivity index (χ1) is 12.4. The Bertz CT molecular complexity index is 722. The van der Waals surface area contributed by atoms with E-state index in [9.17, 15) is 13.2 Å². The summed E-state index contributed by atoms with van der Waals surface area (Å²) in [7, 11) is 0. The van der Waals surface area contributed by atoms with Crippen LogP contribution in [0.2, 0.25) is 5.28 Å². The average molecular weight is 389 g/mol. The van der Waals surface area contributed by atoms with Gasteiger partial charge in [-0.2, -0.15) is 4.98 Å². The van der Waals surface area contributed by atoms with Gasteiger partial charge in [0.1, 0.15) is 12.1 Å². The number of anilines is 1. The van der Waals surface area contributed by atoms with Gasteiger partial charge in [0.25, 0.3) is 0 Å². The van der Waals surface area contributed by atoms with Crippen LogP contribution >= 0.6 is 11.6 Å². The van der Waals surface area contributed by atoms with Gasteiger partial charge in [0.05, 0.1) is 12.7 Å². The molecule has 0 bridgehead atoms. The molecule has 0 spiro atoms. The number of aromatic nitrogens is 3. The summed E-state index contributed by atoms with van der Waals surface area (Å²) in [6.07, 6.45) is -1.67. The SMILES string of the molecule is FC(F)(F)Oc1ccc(COC2CCN(c3ncnc(Cl)n3)CC2)cc1. The van der Waals surface area contributed by atoms with Crippen molar-refractivity contribution >= 4 is 17.5 Å². The van der Waals surface area contributed by atoms with E-state index in [4.69, 9.17) is 16.3 Å². The van der Waals surface area contributed by atoms with E-state index in [1.807, 2.05) is 4.90 Å². The summed E-state index contributed by atoms with van der Waals surface area (Å²) in [5.74, 6) is 0.300. The van der Waals surface area contributed by atoms with Crippen molar-refractivity contribution in [3.05, 3.63) is 41.4 Å². The number of halogens is 4. The van der Waals surface area contributed by atoms with Gasteiger partial charge in [-0.1, -0.05) is 12.1 Å². The van der Waals surface area contributed by atoms with E-state index in [-0.39, 0.29) is 17.1 Å². The highest BCUT2D eigenvalue weighted by molar-refractivity contribution is 6.28. The predicted molar refractivity (Wildman–Crippen MR) is 88.0 cm³/mol. The Balaban J connectivity index is 1.45. The zero-order valence-corrected chi connectivity index (χ0v) is 14.4. The highest BCUT2D eigenvalue weighted by Gasteiger charge is 2.31. The third-order valence-corrected chi connectivity index (χ3v) is 4.08. The number of ether oxygens (including phenoxy) is 2. The van der Waals surface area contributed by atoms with Crippen LogP contribution in [-0.2, 0) is 11.3 Å². The largest absolute Gasteiger partial charge is 0.573 e. The summed E-state index contributed by atoms with van der Waals surface area (Å²) in [6.45, 7) is 1.78. The van der Waals surface area contributed by atoms with Crippen molar-refractivity contribution in [1.29, 1.82) is 0 Å². The van der Waals surface area contributed by atoms with Crippen molar-refractivity contribution in [3.63, 3.8) is 0 Å². The molecule has 0 unspecified atom stereocenters. The Labute approximate surface area is 152 Å². The molecule has 0 aliphatic carbocycles. The van der Waals surface area contributed by atoms with E-state index in [1.165, 1.54) is 18.5 Å². The zero-order chi connectivity index (χ0) is 18.6. The summed E-state index contributed by atoms with van der Waals surface area (Å²) in [4.78, 5) is 14.0. The summed E-state index contributed by atoms with van der Waals surface area (Å²) in [5.41, 5.74) is 0.784. The summed E-state index contributed by atoms with van der Waals surface area (Å²) in [5, 5.41) is 0.159. The second kappa shape index (κ2) is 8.05. The molecule has 1 fully saturated rings. The van der Waals surface area contributed by atoms with E-state index in [0.29, 0.717) is 12.6 Å². The number of hydrogen-bond donors (Lipinski definition) is 0. The van der Waals surface area contributed by atoms with Gasteiger partial charge < -0.3 is 14.4 Å². The first-order valence-corrected chi connectivity index (χ1v) is 8.32. The molecule has 6 nitrogen and oxygen atoms in total. The van der Waals surface area contributed by atoms with Gasteiger partial charge in [0, 0.05) is 13.1 Å². The van der Waals surface area contributed by atoms with Crippen molar-refractivity contribution in [2.75, 3.05) is 18.0 Å². The van der Waals surface area contributed by atoms with Crippen molar-refractivity contribution < 1.29 is 22.6 Å². The smallest absolute Gasteiger partial charge is 0.406 e. The summed E-state index contributed by atoms with van der Waals surface area (Å²) < 4.78 is 46.1. The minimum Gasteiger partial charge on any atom is -0.406 e. The van der Waals surface area contributed by atoms with Gasteiger partial charge >= 0.3 is 6.36 Å². The van der Waals surface area contributed by atoms with Crippen LogP contribution in [0.3, 0.4) is 0 Å². The van der Waals surface area contributed by atoms with E-state index >= 15 is 0 Å². The molecule has 1 aliphatic heterocycles. The van der Waals surface area contributed by atoms with Gasteiger partial charge in [-0.05, 0) is 42.1 Å². The van der Waals surface area contributed by atoms with Crippen LogP contribution in [0.25, 0.3) is 0 Å². The minimum atomic E-state index is -4.69. The molecule has 3 rings (SSSR count). The number of hydrogen-bond acceptors (Lipinski definition) is 6. The Kier molecular flexibility index (Phi) is 5.77. The number of piperidine rings is 1. The third-order valence-electron chi connectivity index (χ3n) is 3.90. The van der Waals surface area contributed by atoms with Gasteiger partial charge in [0.15, 0.2) is 0 Å². The molecule has 2 heterocycles. The van der Waals surface area contributed by atoms with Crippen molar-refractivity contribution in [1.82, 2.24) is 15.0 Å². The molecular weight excluding hydrogens is 373 g/mol. The van der Waals surface area contributed by atoms with Crippen molar-refractivity contribution in [3.8, 4) is 5.75 Å². The number of alkyl halides is 3.